The number of para-hydroxylation sites is 1. The summed E-state index contributed by atoms with van der Waals surface area (Å²) in [5.41, 5.74) is 1.24. The number of nitrogens with zero attached hydrogens (tertiary/aromatic N) is 1. The quantitative estimate of drug-likeness (QED) is 0.623. The maximum absolute atomic E-state index is 11.1. The van der Waals surface area contributed by atoms with Crippen molar-refractivity contribution >= 4 is 17.1 Å². The van der Waals surface area contributed by atoms with Crippen molar-refractivity contribution in [1.29, 1.82) is 0 Å². The number of nitro benzene ring substituents is 1. The lowest BCUT2D eigenvalue weighted by Gasteiger charge is -2.20. The fraction of sp³-hybridized carbons (Fsp3) is 0.500. The van der Waals surface area contributed by atoms with Crippen molar-refractivity contribution in [1.82, 2.24) is 0 Å². The second-order valence-corrected chi connectivity index (χ2v) is 5.12. The Bertz CT molecular complexity index is 411. The number of nitro groups is 1. The molecule has 0 bridgehead atoms. The molecule has 1 rings (SSSR count). The number of hydrogen-bond donors (Lipinski definition) is 2. The first kappa shape index (κ1) is 13.3. The zero-order valence-electron chi connectivity index (χ0n) is 10.7. The van der Waals surface area contributed by atoms with Crippen LogP contribution in [0.5, 0.6) is 0 Å². The molecule has 0 heterocycles. The molecule has 5 heteroatoms. The van der Waals surface area contributed by atoms with E-state index in [1.54, 1.807) is 25.2 Å². The van der Waals surface area contributed by atoms with Gasteiger partial charge in [-0.1, -0.05) is 26.8 Å². The topological polar surface area (TPSA) is 67.2 Å². The molecule has 0 spiro atoms. The molecule has 0 aromatic heterocycles. The summed E-state index contributed by atoms with van der Waals surface area (Å²) >= 11 is 0. The summed E-state index contributed by atoms with van der Waals surface area (Å²) in [7, 11) is 1.68. The Morgan fingerprint density at radius 2 is 1.88 bits per heavy atom. The molecule has 0 aliphatic carbocycles. The molecule has 0 aliphatic heterocycles. The molecule has 1 aromatic carbocycles. The molecule has 0 radical (unpaired) electrons. The van der Waals surface area contributed by atoms with Gasteiger partial charge in [0.05, 0.1) is 4.92 Å². The highest BCUT2D eigenvalue weighted by Crippen LogP contribution is 2.33. The fourth-order valence-electron chi connectivity index (χ4n) is 1.44. The predicted octanol–water partition coefficient (Wildman–Crippen LogP) is 3.09. The van der Waals surface area contributed by atoms with Crippen LogP contribution in [0.15, 0.2) is 18.2 Å². The van der Waals surface area contributed by atoms with Crippen molar-refractivity contribution in [2.45, 2.75) is 20.8 Å². The molecule has 5 nitrogen and oxygen atoms in total. The van der Waals surface area contributed by atoms with E-state index in [0.717, 1.165) is 0 Å². The van der Waals surface area contributed by atoms with Gasteiger partial charge in [0.15, 0.2) is 0 Å². The van der Waals surface area contributed by atoms with E-state index in [0.29, 0.717) is 17.9 Å². The average Bonchev–Trinajstić information content (AvgIpc) is 2.24. The smallest absolute Gasteiger partial charge is 0.315 e. The standard InChI is InChI=1S/C12H19N3O2/c1-12(2,3)8-14-10-7-5-6-9(13-4)11(10)15(16)17/h5-7,13-14H,8H2,1-4H3. The minimum atomic E-state index is -0.364. The SMILES string of the molecule is CNc1cccc(NCC(C)(C)C)c1[N+](=O)[O-]. The fourth-order valence-corrected chi connectivity index (χ4v) is 1.44. The Morgan fingerprint density at radius 3 is 2.35 bits per heavy atom. The van der Waals surface area contributed by atoms with Gasteiger partial charge in [-0.15, -0.1) is 0 Å². The molecule has 94 valence electrons. The summed E-state index contributed by atoms with van der Waals surface area (Å²) in [6, 6.07) is 5.22. The largest absolute Gasteiger partial charge is 0.382 e. The normalized spacial score (nSPS) is 11.1. The van der Waals surface area contributed by atoms with Crippen LogP contribution in [0, 0.1) is 15.5 Å². The zero-order chi connectivity index (χ0) is 13.1. The average molecular weight is 237 g/mol. The maximum Gasteiger partial charge on any atom is 0.315 e. The molecular formula is C12H19N3O2. The van der Waals surface area contributed by atoms with E-state index >= 15 is 0 Å². The van der Waals surface area contributed by atoms with Crippen LogP contribution in [0.1, 0.15) is 20.8 Å². The number of benzene rings is 1. The van der Waals surface area contributed by atoms with Crippen LogP contribution in [0.2, 0.25) is 0 Å². The Balaban J connectivity index is 3.02. The highest BCUT2D eigenvalue weighted by molar-refractivity contribution is 5.76. The third-order valence-corrected chi connectivity index (χ3v) is 2.30. The van der Waals surface area contributed by atoms with Crippen molar-refractivity contribution in [3.8, 4) is 0 Å². The molecule has 17 heavy (non-hydrogen) atoms. The molecule has 0 atom stereocenters. The number of nitrogens with one attached hydrogen (secondary N) is 2. The molecule has 2 N–H and O–H groups in total. The van der Waals surface area contributed by atoms with Gasteiger partial charge < -0.3 is 10.6 Å². The second-order valence-electron chi connectivity index (χ2n) is 5.12. The summed E-state index contributed by atoms with van der Waals surface area (Å²) in [4.78, 5) is 10.7. The zero-order valence-corrected chi connectivity index (χ0v) is 10.7. The molecule has 0 amide bonds. The third kappa shape index (κ3) is 3.62. The van der Waals surface area contributed by atoms with Crippen molar-refractivity contribution in [2.24, 2.45) is 5.41 Å². The minimum Gasteiger partial charge on any atom is -0.382 e. The third-order valence-electron chi connectivity index (χ3n) is 2.30. The monoisotopic (exact) mass is 237 g/mol. The van der Waals surface area contributed by atoms with Crippen LogP contribution < -0.4 is 10.6 Å². The minimum absolute atomic E-state index is 0.0729. The van der Waals surface area contributed by atoms with Crippen LogP contribution >= 0.6 is 0 Å². The van der Waals surface area contributed by atoms with Crippen LogP contribution in [-0.2, 0) is 0 Å². The number of anilines is 2. The lowest BCUT2D eigenvalue weighted by molar-refractivity contribution is -0.383. The van der Waals surface area contributed by atoms with Crippen LogP contribution in [0.3, 0.4) is 0 Å². The molecule has 0 fully saturated rings. The van der Waals surface area contributed by atoms with Crippen molar-refractivity contribution in [3.63, 3.8) is 0 Å². The molecule has 0 saturated carbocycles. The van der Waals surface area contributed by atoms with Crippen molar-refractivity contribution < 1.29 is 4.92 Å². The van der Waals surface area contributed by atoms with Gasteiger partial charge in [0, 0.05) is 13.6 Å². The number of hydrogen-bond acceptors (Lipinski definition) is 4. The highest BCUT2D eigenvalue weighted by atomic mass is 16.6. The first-order chi connectivity index (χ1) is 7.85. The summed E-state index contributed by atoms with van der Waals surface area (Å²) in [6.07, 6.45) is 0. The van der Waals surface area contributed by atoms with Crippen LogP contribution in [0.25, 0.3) is 0 Å². The summed E-state index contributed by atoms with van der Waals surface area (Å²) < 4.78 is 0. The van der Waals surface area contributed by atoms with E-state index in [1.165, 1.54) is 0 Å². The van der Waals surface area contributed by atoms with Gasteiger partial charge in [-0.3, -0.25) is 10.1 Å². The molecule has 0 saturated heterocycles. The van der Waals surface area contributed by atoms with Crippen LogP contribution in [-0.4, -0.2) is 18.5 Å². The van der Waals surface area contributed by atoms with Crippen molar-refractivity contribution in [2.75, 3.05) is 24.2 Å². The number of rotatable bonds is 4. The van der Waals surface area contributed by atoms with Gasteiger partial charge in [0.25, 0.3) is 0 Å². The van der Waals surface area contributed by atoms with E-state index in [1.807, 2.05) is 0 Å². The summed E-state index contributed by atoms with van der Waals surface area (Å²) in [5.74, 6) is 0. The van der Waals surface area contributed by atoms with Gasteiger partial charge in [-0.05, 0) is 17.5 Å². The van der Waals surface area contributed by atoms with E-state index in [4.69, 9.17) is 0 Å². The molecule has 0 unspecified atom stereocenters. The van der Waals surface area contributed by atoms with Gasteiger partial charge in [0.2, 0.25) is 0 Å². The van der Waals surface area contributed by atoms with Gasteiger partial charge in [0.1, 0.15) is 11.4 Å². The summed E-state index contributed by atoms with van der Waals surface area (Å²) in [6.45, 7) is 6.91. The Kier molecular flexibility index (Phi) is 3.93. The van der Waals surface area contributed by atoms with Gasteiger partial charge in [-0.2, -0.15) is 0 Å². The van der Waals surface area contributed by atoms with Gasteiger partial charge in [-0.25, -0.2) is 0 Å². The lowest BCUT2D eigenvalue weighted by atomic mass is 9.97. The maximum atomic E-state index is 11.1. The van der Waals surface area contributed by atoms with E-state index in [9.17, 15) is 10.1 Å². The Hall–Kier alpha value is -1.78. The van der Waals surface area contributed by atoms with Crippen molar-refractivity contribution in [3.05, 3.63) is 28.3 Å². The molecular weight excluding hydrogens is 218 g/mol. The Morgan fingerprint density at radius 1 is 1.29 bits per heavy atom. The molecule has 1 aromatic rings. The highest BCUT2D eigenvalue weighted by Gasteiger charge is 2.20. The Labute approximate surface area is 101 Å². The summed E-state index contributed by atoms with van der Waals surface area (Å²) in [5, 5.41) is 17.0. The second kappa shape index (κ2) is 5.03. The predicted molar refractivity (Wildman–Crippen MR) is 70.6 cm³/mol. The lowest BCUT2D eigenvalue weighted by Crippen LogP contribution is -2.19. The van der Waals surface area contributed by atoms with E-state index in [2.05, 4.69) is 31.4 Å². The molecule has 0 aliphatic rings. The van der Waals surface area contributed by atoms with E-state index in [-0.39, 0.29) is 16.0 Å². The first-order valence-electron chi connectivity index (χ1n) is 5.54. The first-order valence-corrected chi connectivity index (χ1v) is 5.54. The van der Waals surface area contributed by atoms with E-state index < -0.39 is 0 Å². The van der Waals surface area contributed by atoms with Crippen LogP contribution in [0.4, 0.5) is 17.1 Å². The van der Waals surface area contributed by atoms with Gasteiger partial charge >= 0.3 is 5.69 Å².